The van der Waals surface area contributed by atoms with Gasteiger partial charge in [0.25, 0.3) is 5.79 Å². The van der Waals surface area contributed by atoms with Crippen LogP contribution in [0, 0.1) is 0 Å². The summed E-state index contributed by atoms with van der Waals surface area (Å²) in [5, 5.41) is 130. The minimum atomic E-state index is -3.87. The van der Waals surface area contributed by atoms with E-state index in [1.807, 2.05) is 0 Å². The molecule has 7 unspecified atom stereocenters. The maximum Gasteiger partial charge on any atom is 0.339 e. The van der Waals surface area contributed by atoms with Crippen LogP contribution in [0.15, 0.2) is 29.8 Å². The van der Waals surface area contributed by atoms with Crippen LogP contribution in [0.2, 0.25) is 0 Å². The first kappa shape index (κ1) is 36.1. The van der Waals surface area contributed by atoms with Crippen molar-refractivity contribution in [3.05, 3.63) is 52.1 Å². The van der Waals surface area contributed by atoms with Crippen LogP contribution < -0.4 is 4.74 Å². The summed E-state index contributed by atoms with van der Waals surface area (Å²) in [6.07, 6.45) is -11.1. The highest BCUT2D eigenvalue weighted by molar-refractivity contribution is 6.13. The maximum atomic E-state index is 14.6. The molecule has 3 aromatic rings. The molecule has 0 amide bonds. The van der Waals surface area contributed by atoms with Gasteiger partial charge in [0, 0.05) is 22.3 Å². The largest absolute Gasteiger partial charge is 0.504 e. The first-order valence-electron chi connectivity index (χ1n) is 15.9. The van der Waals surface area contributed by atoms with Crippen molar-refractivity contribution in [3.8, 4) is 62.9 Å². The van der Waals surface area contributed by atoms with Crippen LogP contribution in [-0.2, 0) is 28.5 Å². The van der Waals surface area contributed by atoms with E-state index in [2.05, 4.69) is 0 Å². The van der Waals surface area contributed by atoms with E-state index in [-0.39, 0.29) is 0 Å². The van der Waals surface area contributed by atoms with Gasteiger partial charge in [0.05, 0.1) is 22.6 Å². The summed E-state index contributed by atoms with van der Waals surface area (Å²) in [4.78, 5) is 69.4. The van der Waals surface area contributed by atoms with E-state index in [9.17, 15) is 85.3 Å². The molecule has 3 aromatic carbocycles. The van der Waals surface area contributed by atoms with Crippen LogP contribution in [-0.4, -0.2) is 139 Å². The Balaban J connectivity index is 1.38. The third-order valence-electron chi connectivity index (χ3n) is 10.1. The number of carbonyl (C=O) groups is 5. The van der Waals surface area contributed by atoms with Gasteiger partial charge in [-0.1, -0.05) is 0 Å². The van der Waals surface area contributed by atoms with Crippen LogP contribution in [0.5, 0.6) is 51.7 Å². The Morgan fingerprint density at radius 1 is 0.643 bits per heavy atom. The van der Waals surface area contributed by atoms with Crippen LogP contribution in [0.1, 0.15) is 42.6 Å². The number of ether oxygens (including phenoxy) is 5. The number of Topliss-reactive ketones (excluding diaryl/α,β-unsaturated/α-hetero) is 1. The van der Waals surface area contributed by atoms with E-state index in [0.717, 1.165) is 0 Å². The van der Waals surface area contributed by atoms with Gasteiger partial charge < -0.3 is 85.0 Å². The second kappa shape index (κ2) is 11.6. The second-order valence-electron chi connectivity index (χ2n) is 13.2. The van der Waals surface area contributed by atoms with E-state index in [4.69, 9.17) is 23.7 Å². The molecule has 12 N–H and O–H groups in total. The average Bonchev–Trinajstić information content (AvgIpc) is 3.15. The molecule has 5 aliphatic rings. The third kappa shape index (κ3) is 4.58. The SMILES string of the molecule is O=C1OC2C3OC(COC(=O)c4cc(O)c(O)c(O)c4-c4c(cc(O)c(O)c4O)C3=O)C(OC(=O)c3cc(O)c(O)c4c3C3C1=CC(=O)C(O)(O4)C3(O)O)C2O. The van der Waals surface area contributed by atoms with Crippen molar-refractivity contribution in [2.75, 3.05) is 6.61 Å². The van der Waals surface area contributed by atoms with E-state index in [1.54, 1.807) is 0 Å². The fraction of sp³-hybridized carbons (Fsp3) is 0.265. The molecule has 1 aliphatic carbocycles. The first-order valence-corrected chi connectivity index (χ1v) is 15.9. The molecule has 1 fully saturated rings. The molecule has 7 atom stereocenters. The highest BCUT2D eigenvalue weighted by Crippen LogP contribution is 2.58. The molecule has 4 aliphatic heterocycles. The molecule has 4 heterocycles. The van der Waals surface area contributed by atoms with Crippen molar-refractivity contribution < 1.29 is 109 Å². The quantitative estimate of drug-likeness (QED) is 0.0507. The minimum Gasteiger partial charge on any atom is -0.504 e. The molecule has 0 spiro atoms. The smallest absolute Gasteiger partial charge is 0.339 e. The van der Waals surface area contributed by atoms with Gasteiger partial charge in [-0.3, -0.25) is 9.59 Å². The lowest BCUT2D eigenvalue weighted by Gasteiger charge is -2.49. The number of aliphatic hydroxyl groups excluding tert-OH is 1. The lowest BCUT2D eigenvalue weighted by atomic mass is 9.70. The molecule has 0 saturated carbocycles. The zero-order chi connectivity index (χ0) is 40.7. The zero-order valence-corrected chi connectivity index (χ0v) is 27.4. The van der Waals surface area contributed by atoms with Crippen LogP contribution in [0.4, 0.5) is 0 Å². The third-order valence-corrected chi connectivity index (χ3v) is 10.1. The molecule has 6 bridgehead atoms. The number of phenols is 8. The number of hydrogen-bond acceptors (Lipinski definition) is 22. The number of benzene rings is 3. The molecule has 22 heteroatoms. The average molecular weight is 785 g/mol. The van der Waals surface area contributed by atoms with Gasteiger partial charge in [-0.2, -0.15) is 0 Å². The van der Waals surface area contributed by atoms with Crippen molar-refractivity contribution >= 4 is 29.5 Å². The number of carbonyl (C=O) groups excluding carboxylic acids is 5. The number of hydrogen-bond donors (Lipinski definition) is 12. The molecule has 8 rings (SSSR count). The number of cyclic esters (lactones) is 1. The highest BCUT2D eigenvalue weighted by Gasteiger charge is 2.70. The topological polar surface area (TPSA) is 374 Å². The fourth-order valence-corrected chi connectivity index (χ4v) is 7.40. The van der Waals surface area contributed by atoms with Gasteiger partial charge in [0.2, 0.25) is 23.0 Å². The Bertz CT molecular complexity index is 2410. The fourth-order valence-electron chi connectivity index (χ4n) is 7.40. The van der Waals surface area contributed by atoms with E-state index in [1.165, 1.54) is 0 Å². The van der Waals surface area contributed by atoms with Crippen molar-refractivity contribution in [2.45, 2.75) is 48.0 Å². The predicted octanol–water partition coefficient (Wildman–Crippen LogP) is -2.01. The number of ketones is 2. The molecule has 292 valence electrons. The van der Waals surface area contributed by atoms with Crippen LogP contribution >= 0.6 is 0 Å². The molecule has 0 aromatic heterocycles. The molecule has 22 nitrogen and oxygen atoms in total. The number of phenolic OH excluding ortho intramolecular Hbond substituents is 8. The van der Waals surface area contributed by atoms with Gasteiger partial charge in [-0.05, 0) is 24.3 Å². The molecule has 1 saturated heterocycles. The molecule has 56 heavy (non-hydrogen) atoms. The standard InChI is InChI=1S/C34H24O22/c35-10-1-6-15(23(43)20(10)40)16-7(2-11(36)21(41)24(16)44)30(46)52-5-13-26-25(45)29(28(53-13)19(6)39)55-32(48)9-4-14(38)34(51)33(49,50)18(9)17-8(31(47)54-26)3-12(37)22(42)27(17)56-34/h1-4,13,18,25-26,28-29,35-37,40-45,49-51H,5H2. The summed E-state index contributed by atoms with van der Waals surface area (Å²) >= 11 is 0. The second-order valence-corrected chi connectivity index (χ2v) is 13.2. The van der Waals surface area contributed by atoms with Crippen LogP contribution in [0.25, 0.3) is 11.1 Å². The summed E-state index contributed by atoms with van der Waals surface area (Å²) in [6, 6.07) is 1.51. The lowest BCUT2D eigenvalue weighted by molar-refractivity contribution is -0.339. The van der Waals surface area contributed by atoms with Gasteiger partial charge in [0.15, 0.2) is 58.6 Å². The molecular formula is C34H24O22. The van der Waals surface area contributed by atoms with Crippen molar-refractivity contribution in [3.63, 3.8) is 0 Å². The van der Waals surface area contributed by atoms with Gasteiger partial charge in [0.1, 0.15) is 18.8 Å². The Morgan fingerprint density at radius 2 is 1.20 bits per heavy atom. The molecule has 0 radical (unpaired) electrons. The number of rotatable bonds is 0. The Morgan fingerprint density at radius 3 is 1.84 bits per heavy atom. The number of esters is 3. The summed E-state index contributed by atoms with van der Waals surface area (Å²) in [5.41, 5.74) is -6.77. The van der Waals surface area contributed by atoms with Gasteiger partial charge in [-0.25, -0.2) is 14.4 Å². The predicted molar refractivity (Wildman–Crippen MR) is 169 cm³/mol. The minimum absolute atomic E-state index is 0.308. The monoisotopic (exact) mass is 784 g/mol. The number of fused-ring (bicyclic) bond motifs is 10. The first-order chi connectivity index (χ1) is 26.2. The van der Waals surface area contributed by atoms with E-state index < -0.39 is 175 Å². The van der Waals surface area contributed by atoms with E-state index in [0.29, 0.717) is 24.3 Å². The Kier molecular flexibility index (Phi) is 7.47. The summed E-state index contributed by atoms with van der Waals surface area (Å²) < 4.78 is 27.1. The number of aromatic hydroxyl groups is 8. The Labute approximate surface area is 308 Å². The van der Waals surface area contributed by atoms with Gasteiger partial charge in [-0.15, -0.1) is 0 Å². The van der Waals surface area contributed by atoms with Crippen molar-refractivity contribution in [1.29, 1.82) is 0 Å². The number of aliphatic hydroxyl groups is 4. The van der Waals surface area contributed by atoms with Gasteiger partial charge >= 0.3 is 23.7 Å². The highest BCUT2D eigenvalue weighted by atomic mass is 16.7. The lowest BCUT2D eigenvalue weighted by Crippen LogP contribution is -2.70. The summed E-state index contributed by atoms with van der Waals surface area (Å²) in [5.74, 6) is -29.5. The zero-order valence-electron chi connectivity index (χ0n) is 27.4. The van der Waals surface area contributed by atoms with E-state index >= 15 is 0 Å². The normalized spacial score (nSPS) is 28.8. The maximum absolute atomic E-state index is 14.6. The summed E-state index contributed by atoms with van der Waals surface area (Å²) in [6.45, 7) is -1.10. The Hall–Kier alpha value is -6.85. The van der Waals surface area contributed by atoms with Crippen molar-refractivity contribution in [1.82, 2.24) is 0 Å². The molecular weight excluding hydrogens is 760 g/mol. The summed E-state index contributed by atoms with van der Waals surface area (Å²) in [7, 11) is 0. The van der Waals surface area contributed by atoms with Crippen molar-refractivity contribution in [2.24, 2.45) is 0 Å². The van der Waals surface area contributed by atoms with Crippen LogP contribution in [0.3, 0.4) is 0 Å².